The molecule has 0 spiro atoms. The van der Waals surface area contributed by atoms with Gasteiger partial charge >= 0.3 is 6.09 Å². The molecule has 6 nitrogen and oxygen atoms in total. The maximum absolute atomic E-state index is 10.8. The Hall–Kier alpha value is -2.93. The van der Waals surface area contributed by atoms with Crippen LogP contribution in [0.1, 0.15) is 36.7 Å². The van der Waals surface area contributed by atoms with Crippen LogP contribution in [0.4, 0.5) is 4.79 Å². The van der Waals surface area contributed by atoms with Crippen LogP contribution in [-0.2, 0) is 24.3 Å². The predicted molar refractivity (Wildman–Crippen MR) is 111 cm³/mol. The lowest BCUT2D eigenvalue weighted by molar-refractivity contribution is 0.150. The largest absolute Gasteiger partial charge is 0.445 e. The molecular weight excluding hydrogens is 372 g/mol. The summed E-state index contributed by atoms with van der Waals surface area (Å²) in [6.07, 6.45) is 4.30. The van der Waals surface area contributed by atoms with Crippen molar-refractivity contribution in [1.29, 1.82) is 0 Å². The molecule has 7 heteroatoms. The minimum atomic E-state index is -0.761. The number of ether oxygens (including phenoxy) is 1. The summed E-state index contributed by atoms with van der Waals surface area (Å²) < 4.78 is 8.35. The Morgan fingerprint density at radius 2 is 1.96 bits per heavy atom. The SMILES string of the molecule is CCCCc1nc2cnc3ccsc3c2n1Cc1ccc(COC(N)=O)cc1. The van der Waals surface area contributed by atoms with Gasteiger partial charge in [0.25, 0.3) is 0 Å². The summed E-state index contributed by atoms with van der Waals surface area (Å²) in [6, 6.07) is 10.1. The van der Waals surface area contributed by atoms with Crippen LogP contribution in [0.3, 0.4) is 0 Å². The van der Waals surface area contributed by atoms with Gasteiger partial charge in [-0.15, -0.1) is 11.3 Å². The molecular formula is C21H22N4O2S. The van der Waals surface area contributed by atoms with Crippen LogP contribution >= 0.6 is 11.3 Å². The van der Waals surface area contributed by atoms with E-state index >= 15 is 0 Å². The highest BCUT2D eigenvalue weighted by atomic mass is 32.1. The molecule has 0 unspecified atom stereocenters. The van der Waals surface area contributed by atoms with Gasteiger partial charge in [-0.05, 0) is 29.0 Å². The van der Waals surface area contributed by atoms with E-state index in [1.807, 2.05) is 18.3 Å². The number of imidazole rings is 1. The first kappa shape index (κ1) is 18.4. The second-order valence-electron chi connectivity index (χ2n) is 6.77. The number of aryl methyl sites for hydroxylation is 1. The molecule has 4 rings (SSSR count). The Kier molecular flexibility index (Phi) is 5.25. The molecule has 1 aromatic carbocycles. The zero-order valence-electron chi connectivity index (χ0n) is 15.7. The fourth-order valence-corrected chi connectivity index (χ4v) is 4.24. The summed E-state index contributed by atoms with van der Waals surface area (Å²) in [5.41, 5.74) is 10.2. The van der Waals surface area contributed by atoms with E-state index in [-0.39, 0.29) is 6.61 Å². The molecule has 0 bridgehead atoms. The van der Waals surface area contributed by atoms with E-state index in [0.29, 0.717) is 0 Å². The van der Waals surface area contributed by atoms with Crippen LogP contribution in [0.2, 0.25) is 0 Å². The summed E-state index contributed by atoms with van der Waals surface area (Å²) in [5, 5.41) is 2.08. The normalized spacial score (nSPS) is 11.3. The van der Waals surface area contributed by atoms with Crippen LogP contribution < -0.4 is 5.73 Å². The van der Waals surface area contributed by atoms with Gasteiger partial charge in [0.15, 0.2) is 0 Å². The van der Waals surface area contributed by atoms with E-state index in [0.717, 1.165) is 53.7 Å². The molecule has 2 N–H and O–H groups in total. The summed E-state index contributed by atoms with van der Waals surface area (Å²) in [5.74, 6) is 1.10. The smallest absolute Gasteiger partial charge is 0.404 e. The molecule has 0 saturated heterocycles. The van der Waals surface area contributed by atoms with Crippen molar-refractivity contribution in [1.82, 2.24) is 14.5 Å². The topological polar surface area (TPSA) is 83.0 Å². The number of carbonyl (C=O) groups excluding carboxylic acids is 1. The van der Waals surface area contributed by atoms with Gasteiger partial charge in [0.1, 0.15) is 17.9 Å². The second kappa shape index (κ2) is 7.98. The number of hydrogen-bond acceptors (Lipinski definition) is 5. The number of nitrogens with zero attached hydrogens (tertiary/aromatic N) is 3. The van der Waals surface area contributed by atoms with Gasteiger partial charge in [-0.3, -0.25) is 4.98 Å². The number of nitrogens with two attached hydrogens (primary N) is 1. The third-order valence-electron chi connectivity index (χ3n) is 4.76. The van der Waals surface area contributed by atoms with Crippen molar-refractivity contribution in [2.24, 2.45) is 5.73 Å². The van der Waals surface area contributed by atoms with Gasteiger partial charge in [0, 0.05) is 13.0 Å². The van der Waals surface area contributed by atoms with E-state index < -0.39 is 6.09 Å². The Labute approximate surface area is 167 Å². The molecule has 144 valence electrons. The highest BCUT2D eigenvalue weighted by Gasteiger charge is 2.15. The number of aromatic nitrogens is 3. The maximum Gasteiger partial charge on any atom is 0.404 e. The molecule has 0 atom stereocenters. The van der Waals surface area contributed by atoms with E-state index in [1.165, 1.54) is 10.3 Å². The van der Waals surface area contributed by atoms with Gasteiger partial charge in [-0.2, -0.15) is 0 Å². The third kappa shape index (κ3) is 3.71. The molecule has 3 aromatic heterocycles. The lowest BCUT2D eigenvalue weighted by Crippen LogP contribution is -2.12. The average Bonchev–Trinajstić information content (AvgIpc) is 3.30. The Morgan fingerprint density at radius 3 is 2.71 bits per heavy atom. The van der Waals surface area contributed by atoms with Crippen LogP contribution in [0.5, 0.6) is 0 Å². The van der Waals surface area contributed by atoms with Crippen molar-refractivity contribution in [3.05, 3.63) is 58.9 Å². The number of amides is 1. The molecule has 0 fully saturated rings. The van der Waals surface area contributed by atoms with Crippen LogP contribution in [-0.4, -0.2) is 20.6 Å². The molecule has 0 aliphatic rings. The van der Waals surface area contributed by atoms with Gasteiger partial charge < -0.3 is 15.0 Å². The van der Waals surface area contributed by atoms with E-state index in [4.69, 9.17) is 15.5 Å². The number of pyridine rings is 1. The minimum Gasteiger partial charge on any atom is -0.445 e. The number of primary amides is 1. The summed E-state index contributed by atoms with van der Waals surface area (Å²) in [7, 11) is 0. The van der Waals surface area contributed by atoms with Gasteiger partial charge in [0.05, 0.1) is 21.9 Å². The fraction of sp³-hybridized carbons (Fsp3) is 0.286. The summed E-state index contributed by atoms with van der Waals surface area (Å²) >= 11 is 1.71. The molecule has 0 aliphatic heterocycles. The highest BCUT2D eigenvalue weighted by Crippen LogP contribution is 2.30. The molecule has 28 heavy (non-hydrogen) atoms. The molecule has 0 saturated carbocycles. The first-order valence-corrected chi connectivity index (χ1v) is 10.2. The van der Waals surface area contributed by atoms with Crippen molar-refractivity contribution in [3.63, 3.8) is 0 Å². The van der Waals surface area contributed by atoms with Crippen molar-refractivity contribution in [3.8, 4) is 0 Å². The predicted octanol–water partition coefficient (Wildman–Crippen LogP) is 4.63. The third-order valence-corrected chi connectivity index (χ3v) is 5.67. The van der Waals surface area contributed by atoms with Gasteiger partial charge in [0.2, 0.25) is 0 Å². The Morgan fingerprint density at radius 1 is 1.18 bits per heavy atom. The Bertz CT molecular complexity index is 1110. The summed E-state index contributed by atoms with van der Waals surface area (Å²) in [4.78, 5) is 20.2. The molecule has 0 aliphatic carbocycles. The minimum absolute atomic E-state index is 0.187. The fourth-order valence-electron chi connectivity index (χ4n) is 3.33. The number of thiophene rings is 1. The average molecular weight is 395 g/mol. The van der Waals surface area contributed by atoms with Crippen LogP contribution in [0.25, 0.3) is 21.3 Å². The number of hydrogen-bond donors (Lipinski definition) is 1. The zero-order valence-corrected chi connectivity index (χ0v) is 16.5. The van der Waals surface area contributed by atoms with E-state index in [1.54, 1.807) is 11.3 Å². The number of unbranched alkanes of at least 4 members (excludes halogenated alkanes) is 1. The molecule has 0 radical (unpaired) electrons. The zero-order chi connectivity index (χ0) is 19.5. The number of rotatable bonds is 7. The monoisotopic (exact) mass is 394 g/mol. The highest BCUT2D eigenvalue weighted by molar-refractivity contribution is 7.18. The molecule has 1 amide bonds. The van der Waals surface area contributed by atoms with Crippen molar-refractivity contribution >= 4 is 38.7 Å². The van der Waals surface area contributed by atoms with E-state index in [9.17, 15) is 4.79 Å². The van der Waals surface area contributed by atoms with Crippen molar-refractivity contribution in [2.75, 3.05) is 0 Å². The van der Waals surface area contributed by atoms with E-state index in [2.05, 4.69) is 40.1 Å². The standard InChI is InChI=1S/C21H22N4O2S/c1-2-3-4-18-24-17-11-23-16-9-10-28-20(16)19(17)25(18)12-14-5-7-15(8-6-14)13-27-21(22)26/h5-11H,2-4,12-13H2,1H3,(H2,22,26). The lowest BCUT2D eigenvalue weighted by atomic mass is 10.1. The lowest BCUT2D eigenvalue weighted by Gasteiger charge is -2.11. The first-order chi connectivity index (χ1) is 13.7. The van der Waals surface area contributed by atoms with Crippen LogP contribution in [0.15, 0.2) is 41.9 Å². The number of carbonyl (C=O) groups is 1. The first-order valence-electron chi connectivity index (χ1n) is 9.37. The quantitative estimate of drug-likeness (QED) is 0.495. The molecule has 4 aromatic rings. The van der Waals surface area contributed by atoms with Gasteiger partial charge in [-0.25, -0.2) is 9.78 Å². The Balaban J connectivity index is 1.70. The van der Waals surface area contributed by atoms with Crippen molar-refractivity contribution < 1.29 is 9.53 Å². The number of benzene rings is 1. The number of fused-ring (bicyclic) bond motifs is 3. The van der Waals surface area contributed by atoms with Crippen LogP contribution in [0, 0.1) is 0 Å². The maximum atomic E-state index is 10.8. The van der Waals surface area contributed by atoms with Crippen molar-refractivity contribution in [2.45, 2.75) is 39.3 Å². The molecule has 3 heterocycles. The van der Waals surface area contributed by atoms with Gasteiger partial charge in [-0.1, -0.05) is 37.6 Å². The summed E-state index contributed by atoms with van der Waals surface area (Å²) in [6.45, 7) is 3.12. The second-order valence-corrected chi connectivity index (χ2v) is 7.69.